The molecule has 3 N–H and O–H groups in total. The summed E-state index contributed by atoms with van der Waals surface area (Å²) >= 11 is 0. The van der Waals surface area contributed by atoms with Crippen molar-refractivity contribution in [3.05, 3.63) is 29.8 Å². The molecule has 1 saturated carbocycles. The van der Waals surface area contributed by atoms with Crippen LogP contribution in [0.15, 0.2) is 24.3 Å². The summed E-state index contributed by atoms with van der Waals surface area (Å²) in [5.41, 5.74) is 1.27. The number of carbonyl (C=O) groups excluding carboxylic acids is 2. The summed E-state index contributed by atoms with van der Waals surface area (Å²) < 4.78 is 0. The van der Waals surface area contributed by atoms with Crippen LogP contribution >= 0.6 is 0 Å². The molecule has 1 aromatic carbocycles. The molecule has 0 atom stereocenters. The Hall–Kier alpha value is -1.88. The van der Waals surface area contributed by atoms with Gasteiger partial charge in [-0.3, -0.25) is 9.59 Å². The first-order chi connectivity index (χ1) is 11.2. The molecule has 5 nitrogen and oxygen atoms in total. The molecule has 2 amide bonds. The molecule has 23 heavy (non-hydrogen) atoms. The Balaban J connectivity index is 1.88. The maximum Gasteiger partial charge on any atom is 0.251 e. The number of amides is 2. The van der Waals surface area contributed by atoms with Crippen LogP contribution in [0, 0.1) is 5.92 Å². The second kappa shape index (κ2) is 9.30. The minimum absolute atomic E-state index is 0.0782. The fourth-order valence-corrected chi connectivity index (χ4v) is 2.89. The summed E-state index contributed by atoms with van der Waals surface area (Å²) in [5, 5.41) is 8.97. The van der Waals surface area contributed by atoms with Crippen molar-refractivity contribution >= 4 is 17.5 Å². The van der Waals surface area contributed by atoms with E-state index in [4.69, 9.17) is 0 Å². The molecule has 0 spiro atoms. The van der Waals surface area contributed by atoms with Crippen LogP contribution in [0.25, 0.3) is 0 Å². The lowest BCUT2D eigenvalue weighted by atomic mass is 9.88. The number of hydrogen-bond acceptors (Lipinski definition) is 3. The van der Waals surface area contributed by atoms with Gasteiger partial charge >= 0.3 is 0 Å². The fourth-order valence-electron chi connectivity index (χ4n) is 2.89. The highest BCUT2D eigenvalue weighted by Gasteiger charge is 2.21. The van der Waals surface area contributed by atoms with Gasteiger partial charge in [0, 0.05) is 30.3 Å². The molecule has 0 unspecified atom stereocenters. The van der Waals surface area contributed by atoms with Gasteiger partial charge in [0.2, 0.25) is 5.91 Å². The highest BCUT2D eigenvalue weighted by atomic mass is 16.2. The Morgan fingerprint density at radius 1 is 1.13 bits per heavy atom. The second-order valence-electron chi connectivity index (χ2n) is 6.01. The first-order valence-corrected chi connectivity index (χ1v) is 8.60. The molecule has 2 rings (SSSR count). The largest absolute Gasteiger partial charge is 0.351 e. The molecule has 0 saturated heterocycles. The minimum atomic E-state index is -0.114. The summed E-state index contributed by atoms with van der Waals surface area (Å²) in [5.74, 6) is 0.0763. The SMILES string of the molecule is CCNCCNC(=O)c1cccc(NC(=O)C2CCCCC2)c1. The van der Waals surface area contributed by atoms with Crippen molar-refractivity contribution in [2.45, 2.75) is 39.0 Å². The highest BCUT2D eigenvalue weighted by molar-refractivity contribution is 5.97. The molecular formula is C18H27N3O2. The molecule has 0 aliphatic heterocycles. The van der Waals surface area contributed by atoms with Crippen LogP contribution in [-0.2, 0) is 4.79 Å². The van der Waals surface area contributed by atoms with Gasteiger partial charge in [0.05, 0.1) is 0 Å². The van der Waals surface area contributed by atoms with E-state index in [0.717, 1.165) is 38.8 Å². The molecule has 0 bridgehead atoms. The molecule has 1 aliphatic rings. The zero-order valence-electron chi connectivity index (χ0n) is 13.9. The van der Waals surface area contributed by atoms with Gasteiger partial charge in [0.1, 0.15) is 0 Å². The van der Waals surface area contributed by atoms with E-state index in [9.17, 15) is 9.59 Å². The predicted octanol–water partition coefficient (Wildman–Crippen LogP) is 2.54. The Kier molecular flexibility index (Phi) is 7.07. The maximum atomic E-state index is 12.3. The van der Waals surface area contributed by atoms with Crippen molar-refractivity contribution in [2.75, 3.05) is 25.0 Å². The van der Waals surface area contributed by atoms with Crippen LogP contribution in [0.5, 0.6) is 0 Å². The lowest BCUT2D eigenvalue weighted by molar-refractivity contribution is -0.120. The van der Waals surface area contributed by atoms with E-state index in [1.54, 1.807) is 18.2 Å². The van der Waals surface area contributed by atoms with Crippen LogP contribution in [0.1, 0.15) is 49.4 Å². The molecule has 5 heteroatoms. The highest BCUT2D eigenvalue weighted by Crippen LogP contribution is 2.25. The number of benzene rings is 1. The maximum absolute atomic E-state index is 12.3. The quantitative estimate of drug-likeness (QED) is 0.677. The van der Waals surface area contributed by atoms with Crippen LogP contribution < -0.4 is 16.0 Å². The van der Waals surface area contributed by atoms with Crippen molar-refractivity contribution < 1.29 is 9.59 Å². The van der Waals surface area contributed by atoms with Gasteiger partial charge in [0.15, 0.2) is 0 Å². The van der Waals surface area contributed by atoms with Crippen LogP contribution in [0.3, 0.4) is 0 Å². The summed E-state index contributed by atoms with van der Waals surface area (Å²) in [6.07, 6.45) is 5.43. The second-order valence-corrected chi connectivity index (χ2v) is 6.01. The molecule has 1 aromatic rings. The zero-order chi connectivity index (χ0) is 16.5. The van der Waals surface area contributed by atoms with E-state index in [0.29, 0.717) is 17.8 Å². The Morgan fingerprint density at radius 3 is 2.65 bits per heavy atom. The van der Waals surface area contributed by atoms with Crippen molar-refractivity contribution in [1.29, 1.82) is 0 Å². The minimum Gasteiger partial charge on any atom is -0.351 e. The zero-order valence-corrected chi connectivity index (χ0v) is 13.9. The lowest BCUT2D eigenvalue weighted by Gasteiger charge is -2.20. The average Bonchev–Trinajstić information content (AvgIpc) is 2.59. The number of hydrogen-bond donors (Lipinski definition) is 3. The van der Waals surface area contributed by atoms with E-state index in [2.05, 4.69) is 16.0 Å². The number of rotatable bonds is 7. The van der Waals surface area contributed by atoms with E-state index in [-0.39, 0.29) is 17.7 Å². The third-order valence-corrected chi connectivity index (χ3v) is 4.21. The van der Waals surface area contributed by atoms with Crippen molar-refractivity contribution in [3.8, 4) is 0 Å². The van der Waals surface area contributed by atoms with Gasteiger partial charge < -0.3 is 16.0 Å². The third-order valence-electron chi connectivity index (χ3n) is 4.21. The summed E-state index contributed by atoms with van der Waals surface area (Å²) in [6.45, 7) is 4.25. The smallest absolute Gasteiger partial charge is 0.251 e. The van der Waals surface area contributed by atoms with Crippen molar-refractivity contribution in [2.24, 2.45) is 5.92 Å². The van der Waals surface area contributed by atoms with Crippen molar-refractivity contribution in [3.63, 3.8) is 0 Å². The van der Waals surface area contributed by atoms with Crippen LogP contribution in [-0.4, -0.2) is 31.4 Å². The molecule has 0 radical (unpaired) electrons. The number of likely N-dealkylation sites (N-methyl/N-ethyl adjacent to an activating group) is 1. The molecule has 1 aliphatic carbocycles. The van der Waals surface area contributed by atoms with Crippen LogP contribution in [0.2, 0.25) is 0 Å². The van der Waals surface area contributed by atoms with E-state index >= 15 is 0 Å². The fraction of sp³-hybridized carbons (Fsp3) is 0.556. The number of nitrogens with one attached hydrogen (secondary N) is 3. The van der Waals surface area contributed by atoms with Crippen LogP contribution in [0.4, 0.5) is 5.69 Å². The summed E-state index contributed by atoms with van der Waals surface area (Å²) in [4.78, 5) is 24.4. The monoisotopic (exact) mass is 317 g/mol. The van der Waals surface area contributed by atoms with E-state index < -0.39 is 0 Å². The molecule has 126 valence electrons. The predicted molar refractivity (Wildman–Crippen MR) is 92.5 cm³/mol. The summed E-state index contributed by atoms with van der Waals surface area (Å²) in [6, 6.07) is 7.13. The average molecular weight is 317 g/mol. The number of anilines is 1. The van der Waals surface area contributed by atoms with Gasteiger partial charge in [-0.05, 0) is 37.6 Å². The van der Waals surface area contributed by atoms with E-state index in [1.807, 2.05) is 13.0 Å². The standard InChI is InChI=1S/C18H27N3O2/c1-2-19-11-12-20-17(22)15-9-6-10-16(13-15)21-18(23)14-7-4-3-5-8-14/h6,9-10,13-14,19H,2-5,7-8,11-12H2,1H3,(H,20,22)(H,21,23). The lowest BCUT2D eigenvalue weighted by Crippen LogP contribution is -2.31. The van der Waals surface area contributed by atoms with Gasteiger partial charge in [-0.2, -0.15) is 0 Å². The molecule has 1 fully saturated rings. The molecular weight excluding hydrogens is 290 g/mol. The van der Waals surface area contributed by atoms with E-state index in [1.165, 1.54) is 6.42 Å². The number of carbonyl (C=O) groups is 2. The Labute approximate surface area is 138 Å². The topological polar surface area (TPSA) is 70.2 Å². The first kappa shape index (κ1) is 17.5. The summed E-state index contributed by atoms with van der Waals surface area (Å²) in [7, 11) is 0. The van der Waals surface area contributed by atoms with Gasteiger partial charge in [0.25, 0.3) is 5.91 Å². The molecule has 0 aromatic heterocycles. The first-order valence-electron chi connectivity index (χ1n) is 8.60. The van der Waals surface area contributed by atoms with Gasteiger partial charge in [-0.25, -0.2) is 0 Å². The third kappa shape index (κ3) is 5.67. The van der Waals surface area contributed by atoms with Crippen molar-refractivity contribution in [1.82, 2.24) is 10.6 Å². The Morgan fingerprint density at radius 2 is 1.91 bits per heavy atom. The normalized spacial score (nSPS) is 15.2. The Bertz CT molecular complexity index is 525. The molecule has 0 heterocycles. The van der Waals surface area contributed by atoms with Gasteiger partial charge in [-0.1, -0.05) is 32.3 Å². The van der Waals surface area contributed by atoms with Gasteiger partial charge in [-0.15, -0.1) is 0 Å².